The average Bonchev–Trinajstić information content (AvgIpc) is 2.85. The highest BCUT2D eigenvalue weighted by molar-refractivity contribution is 7.95. The lowest BCUT2D eigenvalue weighted by atomic mass is 9.85. The van der Waals surface area contributed by atoms with Gasteiger partial charge in [-0.2, -0.15) is 0 Å². The van der Waals surface area contributed by atoms with E-state index in [0.29, 0.717) is 11.1 Å². The van der Waals surface area contributed by atoms with Crippen molar-refractivity contribution in [2.24, 2.45) is 5.92 Å². The fourth-order valence-electron chi connectivity index (χ4n) is 3.90. The van der Waals surface area contributed by atoms with Crippen LogP contribution in [0.15, 0.2) is 11.1 Å². The summed E-state index contributed by atoms with van der Waals surface area (Å²) in [7, 11) is 0. The number of fused-ring (bicyclic) bond motifs is 3. The van der Waals surface area contributed by atoms with Crippen molar-refractivity contribution in [3.63, 3.8) is 0 Å². The predicted molar refractivity (Wildman–Crippen MR) is 79.4 cm³/mol. The lowest BCUT2D eigenvalue weighted by Gasteiger charge is -2.29. The van der Waals surface area contributed by atoms with Gasteiger partial charge < -0.3 is 19.1 Å². The maximum absolute atomic E-state index is 12.1. The Morgan fingerprint density at radius 1 is 1.43 bits per heavy atom. The van der Waals surface area contributed by atoms with Gasteiger partial charge >= 0.3 is 11.9 Å². The molecule has 0 aromatic rings. The van der Waals surface area contributed by atoms with Gasteiger partial charge in [0.1, 0.15) is 11.7 Å². The molecule has 0 amide bonds. The molecule has 126 valence electrons. The van der Waals surface area contributed by atoms with Crippen LogP contribution in [0.5, 0.6) is 0 Å². The minimum absolute atomic E-state index is 0.109. The Hall–Kier alpha value is -1.38. The van der Waals surface area contributed by atoms with Crippen molar-refractivity contribution >= 4 is 29.8 Å². The van der Waals surface area contributed by atoms with E-state index in [1.54, 1.807) is 6.92 Å². The normalized spacial score (nSPS) is 39.7. The molecule has 0 radical (unpaired) electrons. The molecule has 1 saturated heterocycles. The molecule has 0 spiro atoms. The predicted octanol–water partition coefficient (Wildman–Crippen LogP) is 0.849. The Labute approximate surface area is 137 Å². The Morgan fingerprint density at radius 2 is 2.13 bits per heavy atom. The van der Waals surface area contributed by atoms with Gasteiger partial charge in [-0.3, -0.25) is 14.4 Å². The van der Waals surface area contributed by atoms with Gasteiger partial charge in [0.2, 0.25) is 0 Å². The summed E-state index contributed by atoms with van der Waals surface area (Å²) in [5.74, 6) is -1.67. The molecule has 0 aromatic carbocycles. The summed E-state index contributed by atoms with van der Waals surface area (Å²) in [6, 6.07) is 0. The van der Waals surface area contributed by atoms with Crippen LogP contribution in [0.4, 0.5) is 0 Å². The summed E-state index contributed by atoms with van der Waals surface area (Å²) in [6.07, 6.45) is -0.964. The largest absolute Gasteiger partial charge is 0.462 e. The van der Waals surface area contributed by atoms with Crippen LogP contribution in [0.1, 0.15) is 33.1 Å². The summed E-state index contributed by atoms with van der Waals surface area (Å²) in [6.45, 7) is 2.92. The molecule has 2 aliphatic carbocycles. The van der Waals surface area contributed by atoms with Crippen molar-refractivity contribution < 1.29 is 33.5 Å². The molecule has 8 heteroatoms. The van der Waals surface area contributed by atoms with Gasteiger partial charge in [0.25, 0.3) is 0 Å². The van der Waals surface area contributed by atoms with E-state index >= 15 is 0 Å². The van der Waals surface area contributed by atoms with Gasteiger partial charge in [-0.05, 0) is 30.9 Å². The maximum atomic E-state index is 12.1. The van der Waals surface area contributed by atoms with E-state index in [2.05, 4.69) is 0 Å². The molecular formula is C15H18O7S. The number of hydrogen-bond donors (Lipinski definition) is 2. The van der Waals surface area contributed by atoms with Crippen molar-refractivity contribution in [2.45, 2.75) is 56.2 Å². The molecule has 3 aliphatic rings. The minimum atomic E-state index is -1.62. The molecular weight excluding hydrogens is 324 g/mol. The van der Waals surface area contributed by atoms with Gasteiger partial charge in [0, 0.05) is 31.3 Å². The molecule has 1 saturated carbocycles. The minimum Gasteiger partial charge on any atom is -0.462 e. The van der Waals surface area contributed by atoms with Crippen LogP contribution < -0.4 is 0 Å². The number of ketones is 1. The highest BCUT2D eigenvalue weighted by Gasteiger charge is 2.62. The zero-order valence-corrected chi connectivity index (χ0v) is 13.6. The topological polar surface area (TPSA) is 110 Å². The molecule has 2 N–H and O–H groups in total. The summed E-state index contributed by atoms with van der Waals surface area (Å²) in [4.78, 5) is 35.5. The second-order valence-electron chi connectivity index (χ2n) is 6.29. The third-order valence-electron chi connectivity index (χ3n) is 5.00. The number of aliphatic hydroxyl groups is 1. The average molecular weight is 342 g/mol. The van der Waals surface area contributed by atoms with Crippen LogP contribution in [0.2, 0.25) is 0 Å². The van der Waals surface area contributed by atoms with Gasteiger partial charge in [-0.1, -0.05) is 0 Å². The highest BCUT2D eigenvalue weighted by Crippen LogP contribution is 2.50. The molecule has 5 unspecified atom stereocenters. The van der Waals surface area contributed by atoms with E-state index in [-0.39, 0.29) is 37.1 Å². The zero-order chi connectivity index (χ0) is 16.9. The number of carbonyl (C=O) groups excluding carboxylic acids is 3. The van der Waals surface area contributed by atoms with Gasteiger partial charge in [0.05, 0.1) is 0 Å². The van der Waals surface area contributed by atoms with Gasteiger partial charge in [0.15, 0.2) is 17.1 Å². The molecule has 0 aromatic heterocycles. The summed E-state index contributed by atoms with van der Waals surface area (Å²) >= 11 is 0.246. The first-order chi connectivity index (χ1) is 10.8. The third-order valence-corrected chi connectivity index (χ3v) is 5.81. The van der Waals surface area contributed by atoms with Crippen LogP contribution in [-0.4, -0.2) is 50.4 Å². The fourth-order valence-corrected chi connectivity index (χ4v) is 4.47. The van der Waals surface area contributed by atoms with Crippen LogP contribution >= 0.6 is 12.0 Å². The highest BCUT2D eigenvalue weighted by atomic mass is 32.2. The van der Waals surface area contributed by atoms with Crippen molar-refractivity contribution in [1.29, 1.82) is 0 Å². The number of rotatable bonds is 2. The van der Waals surface area contributed by atoms with E-state index in [1.165, 1.54) is 6.92 Å². The lowest BCUT2D eigenvalue weighted by Crippen LogP contribution is -2.46. The summed E-state index contributed by atoms with van der Waals surface area (Å²) < 4.78 is 20.0. The molecule has 23 heavy (non-hydrogen) atoms. The van der Waals surface area contributed by atoms with Crippen LogP contribution in [0, 0.1) is 5.92 Å². The van der Waals surface area contributed by atoms with E-state index in [4.69, 9.17) is 9.47 Å². The maximum Gasteiger partial charge on any atom is 0.325 e. The van der Waals surface area contributed by atoms with E-state index in [0.717, 1.165) is 0 Å². The molecule has 3 rings (SSSR count). The fraction of sp³-hybridized carbons (Fsp3) is 0.667. The lowest BCUT2D eigenvalue weighted by molar-refractivity contribution is -0.149. The summed E-state index contributed by atoms with van der Waals surface area (Å²) in [5, 5.41) is 9.87. The Balaban J connectivity index is 2.07. The first kappa shape index (κ1) is 16.5. The van der Waals surface area contributed by atoms with Crippen molar-refractivity contribution in [2.75, 3.05) is 0 Å². The number of carbonyl (C=O) groups is 3. The zero-order valence-electron chi connectivity index (χ0n) is 12.8. The number of esters is 2. The Morgan fingerprint density at radius 3 is 2.74 bits per heavy atom. The van der Waals surface area contributed by atoms with Crippen molar-refractivity contribution in [1.82, 2.24) is 0 Å². The smallest absolute Gasteiger partial charge is 0.325 e. The van der Waals surface area contributed by atoms with Gasteiger partial charge in [-0.25, -0.2) is 0 Å². The van der Waals surface area contributed by atoms with Crippen molar-refractivity contribution in [3.8, 4) is 0 Å². The van der Waals surface area contributed by atoms with E-state index < -0.39 is 40.9 Å². The number of ether oxygens (including phenoxy) is 2. The number of allylic oxidation sites excluding steroid dienone is 1. The standard InChI is InChI=1S/C15H18O7S/c1-6-9(17)5-8-10(21-7(2)16)3-4-15(19)12(11(6)8)22-14(18)13(15)23-20/h8,10,12-13,19-20H,3-5H2,1-2H3. The Kier molecular flexibility index (Phi) is 4.02. The molecule has 5 atom stereocenters. The first-order valence-electron chi connectivity index (χ1n) is 7.43. The first-order valence-corrected chi connectivity index (χ1v) is 8.27. The van der Waals surface area contributed by atoms with Crippen LogP contribution in [0.25, 0.3) is 0 Å². The molecule has 7 nitrogen and oxygen atoms in total. The molecule has 1 aliphatic heterocycles. The monoisotopic (exact) mass is 342 g/mol. The number of hydrogen-bond acceptors (Lipinski definition) is 8. The van der Waals surface area contributed by atoms with Crippen LogP contribution in [-0.2, 0) is 23.9 Å². The van der Waals surface area contributed by atoms with Crippen LogP contribution in [0.3, 0.4) is 0 Å². The second-order valence-corrected chi connectivity index (χ2v) is 6.98. The second kappa shape index (κ2) is 5.61. The quantitative estimate of drug-likeness (QED) is 0.561. The van der Waals surface area contributed by atoms with E-state index in [9.17, 15) is 24.0 Å². The number of Topliss-reactive ketones (excluding diaryl/α,β-unsaturated/α-hetero) is 1. The summed E-state index contributed by atoms with van der Waals surface area (Å²) in [5.41, 5.74) is -0.662. The van der Waals surface area contributed by atoms with E-state index in [1.807, 2.05) is 0 Å². The Bertz CT molecular complexity index is 613. The van der Waals surface area contributed by atoms with Gasteiger partial charge in [-0.15, -0.1) is 0 Å². The van der Waals surface area contributed by atoms with Crippen molar-refractivity contribution in [3.05, 3.63) is 11.1 Å². The SMILES string of the molecule is CC(=O)OC1CCC2(O)C(OC(=O)C2SO)C2=C(C)C(=O)CC21. The molecule has 1 heterocycles. The molecule has 0 bridgehead atoms. The molecule has 2 fully saturated rings. The third kappa shape index (κ3) is 2.40.